The van der Waals surface area contributed by atoms with Crippen molar-refractivity contribution in [2.75, 3.05) is 25.2 Å². The highest BCUT2D eigenvalue weighted by Gasteiger charge is 2.19. The molecule has 28 heavy (non-hydrogen) atoms. The lowest BCUT2D eigenvalue weighted by Gasteiger charge is -2.19. The van der Waals surface area contributed by atoms with Crippen LogP contribution in [0.4, 0.5) is 5.69 Å². The number of hydrogen-bond acceptors (Lipinski definition) is 5. The first kappa shape index (κ1) is 18.9. The Morgan fingerprint density at radius 1 is 0.964 bits per heavy atom. The Labute approximate surface area is 162 Å². The van der Waals surface area contributed by atoms with Gasteiger partial charge in [0, 0.05) is 11.1 Å². The summed E-state index contributed by atoms with van der Waals surface area (Å²) in [6.07, 6.45) is 0. The number of carbonyl (C=O) groups excluding carboxylic acids is 2. The van der Waals surface area contributed by atoms with E-state index < -0.39 is 18.5 Å². The van der Waals surface area contributed by atoms with Crippen LogP contribution in [0.3, 0.4) is 0 Å². The van der Waals surface area contributed by atoms with Crippen LogP contribution in [0, 0.1) is 11.3 Å². The topological polar surface area (TPSA) is 79.6 Å². The van der Waals surface area contributed by atoms with Crippen molar-refractivity contribution in [3.8, 4) is 11.8 Å². The van der Waals surface area contributed by atoms with E-state index >= 15 is 0 Å². The molecular formula is C22H18N2O4. The van der Waals surface area contributed by atoms with E-state index in [1.807, 2.05) is 30.3 Å². The van der Waals surface area contributed by atoms with Crippen LogP contribution < -0.4 is 9.64 Å². The van der Waals surface area contributed by atoms with Crippen LogP contribution >= 0.6 is 0 Å². The van der Waals surface area contributed by atoms with Crippen LogP contribution in [-0.4, -0.2) is 32.1 Å². The third kappa shape index (κ3) is 3.94. The number of anilines is 1. The summed E-state index contributed by atoms with van der Waals surface area (Å²) < 4.78 is 10.6. The minimum absolute atomic E-state index is 0.133. The van der Waals surface area contributed by atoms with E-state index in [1.165, 1.54) is 4.90 Å². The standard InChI is InChI=1S/C22H18N2O4/c1-27-20-12-11-19(17-9-5-6-10-18(17)20)22(26)28-15-21(25)24(14-13-23)16-7-3-2-4-8-16/h2-12H,14-15H2,1H3. The molecule has 0 aliphatic rings. The zero-order chi connectivity index (χ0) is 19.9. The van der Waals surface area contributed by atoms with E-state index in [2.05, 4.69) is 0 Å². The fraction of sp³-hybridized carbons (Fsp3) is 0.136. The van der Waals surface area contributed by atoms with Gasteiger partial charge in [-0.15, -0.1) is 0 Å². The molecule has 140 valence electrons. The number of methoxy groups -OCH3 is 1. The van der Waals surface area contributed by atoms with Gasteiger partial charge in [-0.25, -0.2) is 4.79 Å². The Morgan fingerprint density at radius 3 is 2.32 bits per heavy atom. The molecule has 0 unspecified atom stereocenters. The third-order valence-corrected chi connectivity index (χ3v) is 4.25. The lowest BCUT2D eigenvalue weighted by Crippen LogP contribution is -2.35. The van der Waals surface area contributed by atoms with Gasteiger partial charge in [0.15, 0.2) is 6.61 Å². The number of fused-ring (bicyclic) bond motifs is 1. The van der Waals surface area contributed by atoms with Gasteiger partial charge in [-0.3, -0.25) is 9.69 Å². The molecule has 3 rings (SSSR count). The van der Waals surface area contributed by atoms with E-state index in [-0.39, 0.29) is 6.54 Å². The lowest BCUT2D eigenvalue weighted by atomic mass is 10.0. The van der Waals surface area contributed by atoms with E-state index in [0.717, 1.165) is 5.39 Å². The molecule has 0 radical (unpaired) electrons. The molecule has 0 heterocycles. The second kappa shape index (κ2) is 8.69. The SMILES string of the molecule is COc1ccc(C(=O)OCC(=O)N(CC#N)c2ccccc2)c2ccccc12. The zero-order valence-electron chi connectivity index (χ0n) is 15.3. The molecule has 3 aromatic rings. The minimum Gasteiger partial charge on any atom is -0.496 e. The molecular weight excluding hydrogens is 356 g/mol. The molecule has 0 aliphatic heterocycles. The number of ether oxygens (including phenoxy) is 2. The molecule has 6 heteroatoms. The molecule has 0 saturated heterocycles. The summed E-state index contributed by atoms with van der Waals surface area (Å²) in [4.78, 5) is 26.4. The van der Waals surface area contributed by atoms with Gasteiger partial charge < -0.3 is 9.47 Å². The average Bonchev–Trinajstić information content (AvgIpc) is 2.75. The van der Waals surface area contributed by atoms with E-state index in [4.69, 9.17) is 14.7 Å². The predicted molar refractivity (Wildman–Crippen MR) is 105 cm³/mol. The molecule has 0 spiro atoms. The second-order valence-corrected chi connectivity index (χ2v) is 5.91. The Morgan fingerprint density at radius 2 is 1.64 bits per heavy atom. The third-order valence-electron chi connectivity index (χ3n) is 4.25. The van der Waals surface area contributed by atoms with Gasteiger partial charge in [-0.05, 0) is 29.7 Å². The molecule has 0 aliphatic carbocycles. The molecule has 0 N–H and O–H groups in total. The first-order valence-electron chi connectivity index (χ1n) is 8.61. The minimum atomic E-state index is -0.614. The van der Waals surface area contributed by atoms with E-state index in [9.17, 15) is 9.59 Å². The van der Waals surface area contributed by atoms with Crippen molar-refractivity contribution >= 4 is 28.3 Å². The number of benzene rings is 3. The Bertz CT molecular complexity index is 1040. The van der Waals surface area contributed by atoms with Crippen molar-refractivity contribution in [3.63, 3.8) is 0 Å². The summed E-state index contributed by atoms with van der Waals surface area (Å²) in [7, 11) is 1.56. The van der Waals surface area contributed by atoms with E-state index in [1.54, 1.807) is 49.6 Å². The maximum atomic E-state index is 12.6. The zero-order valence-corrected chi connectivity index (χ0v) is 15.3. The molecule has 0 atom stereocenters. The van der Waals surface area contributed by atoms with Gasteiger partial charge in [0.25, 0.3) is 5.91 Å². The Balaban J connectivity index is 1.78. The normalized spacial score (nSPS) is 10.1. The first-order chi connectivity index (χ1) is 13.7. The summed E-state index contributed by atoms with van der Waals surface area (Å²) in [6, 6.07) is 21.3. The number of rotatable bonds is 6. The predicted octanol–water partition coefficient (Wildman–Crippen LogP) is 3.56. The molecule has 0 saturated carbocycles. The van der Waals surface area contributed by atoms with Gasteiger partial charge in [-0.2, -0.15) is 5.26 Å². The largest absolute Gasteiger partial charge is 0.496 e. The smallest absolute Gasteiger partial charge is 0.339 e. The van der Waals surface area contributed by atoms with Crippen molar-refractivity contribution < 1.29 is 19.1 Å². The highest BCUT2D eigenvalue weighted by atomic mass is 16.5. The first-order valence-corrected chi connectivity index (χ1v) is 8.61. The molecule has 3 aromatic carbocycles. The monoisotopic (exact) mass is 374 g/mol. The van der Waals surface area contributed by atoms with Crippen LogP contribution in [0.25, 0.3) is 10.8 Å². The summed E-state index contributed by atoms with van der Waals surface area (Å²) in [5.74, 6) is -0.441. The molecule has 0 bridgehead atoms. The molecule has 0 fully saturated rings. The number of para-hydroxylation sites is 1. The van der Waals surface area contributed by atoms with Gasteiger partial charge in [0.1, 0.15) is 12.3 Å². The summed E-state index contributed by atoms with van der Waals surface area (Å²) in [5.41, 5.74) is 0.913. The Kier molecular flexibility index (Phi) is 5.87. The summed E-state index contributed by atoms with van der Waals surface area (Å²) in [5, 5.41) is 10.5. The highest BCUT2D eigenvalue weighted by molar-refractivity contribution is 6.07. The van der Waals surface area contributed by atoms with E-state index in [0.29, 0.717) is 22.4 Å². The summed E-state index contributed by atoms with van der Waals surface area (Å²) >= 11 is 0. The maximum Gasteiger partial charge on any atom is 0.339 e. The van der Waals surface area contributed by atoms with Crippen molar-refractivity contribution in [3.05, 3.63) is 72.3 Å². The van der Waals surface area contributed by atoms with Gasteiger partial charge >= 0.3 is 5.97 Å². The fourth-order valence-corrected chi connectivity index (χ4v) is 2.91. The number of carbonyl (C=O) groups is 2. The highest BCUT2D eigenvalue weighted by Crippen LogP contribution is 2.28. The number of esters is 1. The van der Waals surface area contributed by atoms with Gasteiger partial charge in [0.05, 0.1) is 18.7 Å². The van der Waals surface area contributed by atoms with Crippen molar-refractivity contribution in [1.82, 2.24) is 0 Å². The number of amides is 1. The average molecular weight is 374 g/mol. The van der Waals surface area contributed by atoms with Crippen LogP contribution in [-0.2, 0) is 9.53 Å². The van der Waals surface area contributed by atoms with Crippen molar-refractivity contribution in [1.29, 1.82) is 5.26 Å². The van der Waals surface area contributed by atoms with Gasteiger partial charge in [-0.1, -0.05) is 42.5 Å². The second-order valence-electron chi connectivity index (χ2n) is 5.91. The Hall–Kier alpha value is -3.85. The van der Waals surface area contributed by atoms with Crippen molar-refractivity contribution in [2.45, 2.75) is 0 Å². The molecule has 6 nitrogen and oxygen atoms in total. The van der Waals surface area contributed by atoms with Crippen LogP contribution in [0.1, 0.15) is 10.4 Å². The fourth-order valence-electron chi connectivity index (χ4n) is 2.91. The van der Waals surface area contributed by atoms with Crippen LogP contribution in [0.5, 0.6) is 5.75 Å². The number of nitrogens with zero attached hydrogens (tertiary/aromatic N) is 2. The van der Waals surface area contributed by atoms with Crippen molar-refractivity contribution in [2.24, 2.45) is 0 Å². The number of nitriles is 1. The lowest BCUT2D eigenvalue weighted by molar-refractivity contribution is -0.121. The summed E-state index contributed by atoms with van der Waals surface area (Å²) in [6.45, 7) is -0.596. The maximum absolute atomic E-state index is 12.6. The quantitative estimate of drug-likeness (QED) is 0.487. The number of hydrogen-bond donors (Lipinski definition) is 0. The van der Waals surface area contributed by atoms with Crippen LogP contribution in [0.2, 0.25) is 0 Å². The van der Waals surface area contributed by atoms with Gasteiger partial charge in [0.2, 0.25) is 0 Å². The van der Waals surface area contributed by atoms with Crippen LogP contribution in [0.15, 0.2) is 66.7 Å². The molecule has 0 aromatic heterocycles. The molecule has 1 amide bonds.